The van der Waals surface area contributed by atoms with Gasteiger partial charge in [-0.25, -0.2) is 21.6 Å². The molecule has 0 aromatic heterocycles. The molecule has 49 heavy (non-hydrogen) atoms. The van der Waals surface area contributed by atoms with Crippen LogP contribution in [-0.2, 0) is 29.5 Å². The van der Waals surface area contributed by atoms with E-state index < -0.39 is 51.7 Å². The summed E-state index contributed by atoms with van der Waals surface area (Å²) in [5.41, 5.74) is 0.996. The molecule has 0 radical (unpaired) electrons. The van der Waals surface area contributed by atoms with E-state index in [0.717, 1.165) is 0 Å². The first-order valence-corrected chi connectivity index (χ1v) is 18.6. The molecule has 13 nitrogen and oxygen atoms in total. The maximum Gasteiger partial charge on any atom is 0.508 e. The predicted molar refractivity (Wildman–Crippen MR) is 194 cm³/mol. The molecule has 264 valence electrons. The Balaban J connectivity index is 0.00000650. The number of methoxy groups -OCH3 is 2. The molecule has 0 saturated carbocycles. The number of ether oxygens (including phenoxy) is 4. The lowest BCUT2D eigenvalue weighted by atomic mass is 10.3. The molecule has 0 aliphatic carbocycles. The zero-order chi connectivity index (χ0) is 34.7. The van der Waals surface area contributed by atoms with E-state index in [2.05, 4.69) is 51.9 Å². The number of carbonyl (C=O) groups excluding carboxylic acids is 1. The molecular formula is C31H33Br2ClN4O9S2. The summed E-state index contributed by atoms with van der Waals surface area (Å²) in [6, 6.07) is 25.8. The third-order valence-corrected chi connectivity index (χ3v) is 11.4. The van der Waals surface area contributed by atoms with Crippen LogP contribution in [0.3, 0.4) is 0 Å². The molecule has 0 saturated heterocycles. The highest BCUT2D eigenvalue weighted by Crippen LogP contribution is 2.24. The van der Waals surface area contributed by atoms with Crippen LogP contribution in [0.1, 0.15) is 0 Å². The van der Waals surface area contributed by atoms with Gasteiger partial charge >= 0.3 is 6.16 Å². The van der Waals surface area contributed by atoms with Gasteiger partial charge in [0.25, 0.3) is 0 Å². The van der Waals surface area contributed by atoms with Crippen molar-refractivity contribution in [3.63, 3.8) is 0 Å². The van der Waals surface area contributed by atoms with Crippen LogP contribution in [-0.4, -0.2) is 62.8 Å². The monoisotopic (exact) mass is 862 g/mol. The Kier molecular flexibility index (Phi) is 15.0. The van der Waals surface area contributed by atoms with E-state index in [1.807, 2.05) is 0 Å². The number of hydrogen-bond donors (Lipinski definition) is 4. The Morgan fingerprint density at radius 1 is 0.612 bits per heavy atom. The number of rotatable bonds is 16. The van der Waals surface area contributed by atoms with E-state index in [1.54, 1.807) is 84.9 Å². The first-order valence-electron chi connectivity index (χ1n) is 14.0. The van der Waals surface area contributed by atoms with Gasteiger partial charge in [0.2, 0.25) is 20.0 Å². The van der Waals surface area contributed by atoms with Gasteiger partial charge in [-0.15, -0.1) is 12.4 Å². The number of hydrogen-bond acceptors (Lipinski definition) is 11. The molecule has 4 rings (SSSR count). The van der Waals surface area contributed by atoms with Crippen molar-refractivity contribution in [2.45, 2.75) is 22.1 Å². The van der Waals surface area contributed by atoms with Gasteiger partial charge in [-0.05, 0) is 105 Å². The van der Waals surface area contributed by atoms with Gasteiger partial charge in [-0.1, -0.05) is 24.3 Å². The quantitative estimate of drug-likeness (QED) is 0.0778. The molecule has 0 amide bonds. The van der Waals surface area contributed by atoms with Crippen molar-refractivity contribution >= 4 is 81.8 Å². The van der Waals surface area contributed by atoms with Crippen molar-refractivity contribution in [3.8, 4) is 11.5 Å². The minimum Gasteiger partial charge on any atom is -0.497 e. The third kappa shape index (κ3) is 11.8. The molecule has 0 spiro atoms. The molecule has 2 atom stereocenters. The fourth-order valence-electron chi connectivity index (χ4n) is 4.16. The maximum atomic E-state index is 13.2. The molecule has 0 aliphatic heterocycles. The topological polar surface area (TPSA) is 170 Å². The predicted octanol–water partition coefficient (Wildman–Crippen LogP) is 5.94. The molecule has 2 unspecified atom stereocenters. The lowest BCUT2D eigenvalue weighted by Crippen LogP contribution is -2.45. The molecule has 18 heteroatoms. The van der Waals surface area contributed by atoms with E-state index in [9.17, 15) is 21.6 Å². The number of halogens is 3. The smallest absolute Gasteiger partial charge is 0.497 e. The Labute approximate surface area is 307 Å². The molecule has 0 heterocycles. The SMILES string of the molecule is COc1ccc(NC(COC(=O)OCC(Nc2ccc(OC)cc2)NS(=O)(=O)c2ccccc2Br)NS(=O)(=O)c2ccccc2Br)cc1.Cl. The summed E-state index contributed by atoms with van der Waals surface area (Å²) >= 11 is 6.50. The second kappa shape index (κ2) is 18.4. The average molecular weight is 865 g/mol. The number of sulfonamides is 2. The van der Waals surface area contributed by atoms with Crippen LogP contribution < -0.4 is 29.6 Å². The first kappa shape index (κ1) is 39.9. The van der Waals surface area contributed by atoms with E-state index in [-0.39, 0.29) is 22.2 Å². The van der Waals surface area contributed by atoms with Gasteiger partial charge in [0.1, 0.15) is 37.0 Å². The highest BCUT2D eigenvalue weighted by molar-refractivity contribution is 9.10. The summed E-state index contributed by atoms with van der Waals surface area (Å²) in [5.74, 6) is 1.16. The van der Waals surface area contributed by atoms with E-state index in [4.69, 9.17) is 18.9 Å². The molecule has 4 aromatic carbocycles. The third-order valence-electron chi connectivity index (χ3n) is 6.44. The number of benzene rings is 4. The van der Waals surface area contributed by atoms with Crippen molar-refractivity contribution in [1.82, 2.24) is 9.44 Å². The van der Waals surface area contributed by atoms with Crippen molar-refractivity contribution in [3.05, 3.63) is 106 Å². The van der Waals surface area contributed by atoms with Crippen LogP contribution in [0.15, 0.2) is 116 Å². The summed E-state index contributed by atoms with van der Waals surface area (Å²) in [4.78, 5) is 12.7. The summed E-state index contributed by atoms with van der Waals surface area (Å²) in [7, 11) is -5.18. The zero-order valence-electron chi connectivity index (χ0n) is 26.0. The van der Waals surface area contributed by atoms with Gasteiger partial charge in [-0.2, -0.15) is 9.44 Å². The number of nitrogens with one attached hydrogen (secondary N) is 4. The van der Waals surface area contributed by atoms with Crippen LogP contribution >= 0.6 is 44.3 Å². The fraction of sp³-hybridized carbons (Fsp3) is 0.194. The normalized spacial score (nSPS) is 12.5. The van der Waals surface area contributed by atoms with Crippen molar-refractivity contribution in [2.24, 2.45) is 0 Å². The summed E-state index contributed by atoms with van der Waals surface area (Å²) in [6.07, 6.45) is -3.48. The second-order valence-electron chi connectivity index (χ2n) is 9.83. The van der Waals surface area contributed by atoms with E-state index in [1.165, 1.54) is 26.4 Å². The molecule has 0 bridgehead atoms. The van der Waals surface area contributed by atoms with Gasteiger partial charge in [0, 0.05) is 20.3 Å². The summed E-state index contributed by atoms with van der Waals surface area (Å²) in [5, 5.41) is 5.96. The van der Waals surface area contributed by atoms with Crippen molar-refractivity contribution < 1.29 is 40.6 Å². The fourth-order valence-corrected chi connectivity index (χ4v) is 8.43. The van der Waals surface area contributed by atoms with E-state index >= 15 is 0 Å². The average Bonchev–Trinajstić information content (AvgIpc) is 3.06. The number of anilines is 2. The van der Waals surface area contributed by atoms with Crippen molar-refractivity contribution in [2.75, 3.05) is 38.1 Å². The van der Waals surface area contributed by atoms with Crippen LogP contribution in [0.25, 0.3) is 0 Å². The second-order valence-corrected chi connectivity index (χ2v) is 14.9. The lowest BCUT2D eigenvalue weighted by molar-refractivity contribution is 0.0485. The van der Waals surface area contributed by atoms with Crippen LogP contribution in [0.2, 0.25) is 0 Å². The summed E-state index contributed by atoms with van der Waals surface area (Å²) < 4.78 is 79.5. The number of carbonyl (C=O) groups is 1. The Bertz CT molecular complexity index is 1770. The Morgan fingerprint density at radius 3 is 1.29 bits per heavy atom. The Hall–Kier alpha value is -3.58. The standard InChI is InChI=1S/C31H32Br2N4O9S2.ClH/c1-43-23-15-11-21(12-16-23)34-29(36-47(39,40)27-9-5-3-7-25(27)32)19-45-31(38)46-20-30(35-22-13-17-24(44-2)18-14-22)37-48(41,42)28-10-6-4-8-26(28)33;/h3-18,29-30,34-37H,19-20H2,1-2H3;1H. The van der Waals surface area contributed by atoms with Crippen LogP contribution in [0, 0.1) is 0 Å². The highest BCUT2D eigenvalue weighted by atomic mass is 79.9. The molecule has 4 N–H and O–H groups in total. The van der Waals surface area contributed by atoms with Crippen LogP contribution in [0.4, 0.5) is 16.2 Å². The van der Waals surface area contributed by atoms with Gasteiger partial charge in [-0.3, -0.25) is 0 Å². The zero-order valence-corrected chi connectivity index (χ0v) is 31.6. The van der Waals surface area contributed by atoms with Crippen LogP contribution in [0.5, 0.6) is 11.5 Å². The van der Waals surface area contributed by atoms with Gasteiger partial charge in [0.15, 0.2) is 0 Å². The van der Waals surface area contributed by atoms with Crippen molar-refractivity contribution in [1.29, 1.82) is 0 Å². The van der Waals surface area contributed by atoms with E-state index in [0.29, 0.717) is 31.8 Å². The Morgan fingerprint density at radius 2 is 0.959 bits per heavy atom. The lowest BCUT2D eigenvalue weighted by Gasteiger charge is -2.23. The van der Waals surface area contributed by atoms with Gasteiger partial charge < -0.3 is 29.6 Å². The minimum absolute atomic E-state index is 0. The minimum atomic E-state index is -4.10. The molecule has 0 aliphatic rings. The largest absolute Gasteiger partial charge is 0.508 e. The molecular weight excluding hydrogens is 832 g/mol. The molecule has 0 fully saturated rings. The maximum absolute atomic E-state index is 13.2. The highest BCUT2D eigenvalue weighted by Gasteiger charge is 2.26. The summed E-state index contributed by atoms with van der Waals surface area (Å²) in [6.45, 7) is -1.01. The molecule has 4 aromatic rings. The first-order chi connectivity index (χ1) is 22.9. The van der Waals surface area contributed by atoms with Gasteiger partial charge in [0.05, 0.1) is 24.0 Å².